The maximum absolute atomic E-state index is 13.0. The Morgan fingerprint density at radius 3 is 2.35 bits per heavy atom. The second kappa shape index (κ2) is 8.81. The Kier molecular flexibility index (Phi) is 6.23. The van der Waals surface area contributed by atoms with Gasteiger partial charge in [0.1, 0.15) is 0 Å². The molecule has 0 atom stereocenters. The molecular weight excluding hydrogens is 342 g/mol. The zero-order valence-electron chi connectivity index (χ0n) is 15.1. The number of amides is 1. The maximum Gasteiger partial charge on any atom is 0.255 e. The zero-order chi connectivity index (χ0) is 18.4. The van der Waals surface area contributed by atoms with Crippen LogP contribution in [0.5, 0.6) is 0 Å². The molecule has 1 amide bonds. The predicted octanol–water partition coefficient (Wildman–Crippen LogP) is 4.90. The van der Waals surface area contributed by atoms with Gasteiger partial charge in [-0.1, -0.05) is 49.6 Å². The molecule has 0 heterocycles. The number of carbonyl (C=O) groups excluding carboxylic acids is 1. The molecule has 2 N–H and O–H groups in total. The van der Waals surface area contributed by atoms with Crippen LogP contribution in [0.2, 0.25) is 0 Å². The fraction of sp³-hybridized carbons (Fsp3) is 0.333. The fourth-order valence-electron chi connectivity index (χ4n) is 3.41. The van der Waals surface area contributed by atoms with Crippen molar-refractivity contribution < 1.29 is 4.79 Å². The average Bonchev–Trinajstić information content (AvgIpc) is 2.68. The standard InChI is InChI=1S/C21H25N3OS/c1-24(17-12-6-3-7-13-17)20(25)18-14-8-9-15-19(18)23-21(26)22-16-10-4-2-5-11-16/h2,4-5,8-11,14-15,17H,3,6-7,12-13H2,1H3,(H2,22,23,26). The number of rotatable bonds is 4. The topological polar surface area (TPSA) is 44.4 Å². The highest BCUT2D eigenvalue weighted by atomic mass is 32.1. The first-order valence-corrected chi connectivity index (χ1v) is 9.55. The minimum atomic E-state index is 0.0440. The van der Waals surface area contributed by atoms with Gasteiger partial charge in [0.05, 0.1) is 11.3 Å². The van der Waals surface area contributed by atoms with E-state index in [1.165, 1.54) is 19.3 Å². The van der Waals surface area contributed by atoms with E-state index in [4.69, 9.17) is 12.2 Å². The number of thiocarbonyl (C=S) groups is 1. The molecule has 4 nitrogen and oxygen atoms in total. The number of hydrogen-bond acceptors (Lipinski definition) is 2. The molecule has 2 aromatic rings. The van der Waals surface area contributed by atoms with Crippen LogP contribution in [0.4, 0.5) is 11.4 Å². The molecule has 0 aliphatic heterocycles. The lowest BCUT2D eigenvalue weighted by molar-refractivity contribution is 0.0697. The SMILES string of the molecule is CN(C(=O)c1ccccc1NC(=S)Nc1ccccc1)C1CCCCC1. The molecule has 26 heavy (non-hydrogen) atoms. The summed E-state index contributed by atoms with van der Waals surface area (Å²) >= 11 is 5.41. The molecule has 1 fully saturated rings. The Bertz CT molecular complexity index is 757. The zero-order valence-corrected chi connectivity index (χ0v) is 15.9. The molecule has 0 saturated heterocycles. The smallest absolute Gasteiger partial charge is 0.255 e. The summed E-state index contributed by atoms with van der Waals surface area (Å²) in [5.74, 6) is 0.0440. The van der Waals surface area contributed by atoms with E-state index < -0.39 is 0 Å². The lowest BCUT2D eigenvalue weighted by atomic mass is 9.94. The summed E-state index contributed by atoms with van der Waals surface area (Å²) in [4.78, 5) is 14.9. The summed E-state index contributed by atoms with van der Waals surface area (Å²) in [5, 5.41) is 6.78. The summed E-state index contributed by atoms with van der Waals surface area (Å²) < 4.78 is 0. The minimum absolute atomic E-state index is 0.0440. The quantitative estimate of drug-likeness (QED) is 0.755. The first-order chi connectivity index (χ1) is 12.6. The van der Waals surface area contributed by atoms with Gasteiger partial charge in [0.2, 0.25) is 0 Å². The largest absolute Gasteiger partial charge is 0.339 e. The van der Waals surface area contributed by atoms with Crippen molar-refractivity contribution in [1.82, 2.24) is 4.90 Å². The molecule has 2 aromatic carbocycles. The van der Waals surface area contributed by atoms with E-state index in [2.05, 4.69) is 10.6 Å². The molecule has 0 unspecified atom stereocenters. The number of nitrogens with one attached hydrogen (secondary N) is 2. The number of hydrogen-bond donors (Lipinski definition) is 2. The lowest BCUT2D eigenvalue weighted by Gasteiger charge is -2.31. The first-order valence-electron chi connectivity index (χ1n) is 9.14. The number of carbonyl (C=O) groups is 1. The van der Waals surface area contributed by atoms with Crippen LogP contribution >= 0.6 is 12.2 Å². The third-order valence-electron chi connectivity index (χ3n) is 4.88. The van der Waals surface area contributed by atoms with Gasteiger partial charge < -0.3 is 15.5 Å². The van der Waals surface area contributed by atoms with Crippen molar-refractivity contribution in [2.24, 2.45) is 0 Å². The Hall–Kier alpha value is -2.40. The molecule has 1 saturated carbocycles. The van der Waals surface area contributed by atoms with Crippen LogP contribution in [0.25, 0.3) is 0 Å². The van der Waals surface area contributed by atoms with Crippen molar-refractivity contribution in [3.63, 3.8) is 0 Å². The molecule has 1 aliphatic rings. The summed E-state index contributed by atoms with van der Waals surface area (Å²) in [6, 6.07) is 17.6. The van der Waals surface area contributed by atoms with E-state index in [1.807, 2.05) is 66.5 Å². The maximum atomic E-state index is 13.0. The highest BCUT2D eigenvalue weighted by Gasteiger charge is 2.24. The van der Waals surface area contributed by atoms with Crippen LogP contribution in [0.15, 0.2) is 54.6 Å². The van der Waals surface area contributed by atoms with Gasteiger partial charge in [-0.25, -0.2) is 0 Å². The normalized spacial score (nSPS) is 14.5. The van der Waals surface area contributed by atoms with Crippen LogP contribution < -0.4 is 10.6 Å². The van der Waals surface area contributed by atoms with Crippen molar-refractivity contribution in [2.75, 3.05) is 17.7 Å². The van der Waals surface area contributed by atoms with E-state index in [9.17, 15) is 4.79 Å². The lowest BCUT2D eigenvalue weighted by Crippen LogP contribution is -2.38. The third kappa shape index (κ3) is 4.61. The second-order valence-corrected chi connectivity index (χ2v) is 7.11. The van der Waals surface area contributed by atoms with Crippen LogP contribution in [0.3, 0.4) is 0 Å². The molecule has 5 heteroatoms. The van der Waals surface area contributed by atoms with Crippen LogP contribution in [0.1, 0.15) is 42.5 Å². The van der Waals surface area contributed by atoms with Crippen LogP contribution in [-0.4, -0.2) is 29.0 Å². The third-order valence-corrected chi connectivity index (χ3v) is 5.08. The monoisotopic (exact) mass is 367 g/mol. The van der Waals surface area contributed by atoms with Gasteiger partial charge in [-0.15, -0.1) is 0 Å². The molecule has 136 valence electrons. The molecule has 0 aromatic heterocycles. The number of benzene rings is 2. The van der Waals surface area contributed by atoms with E-state index >= 15 is 0 Å². The molecule has 0 bridgehead atoms. The van der Waals surface area contributed by atoms with Crippen molar-refractivity contribution in [2.45, 2.75) is 38.1 Å². The molecule has 3 rings (SSSR count). The Morgan fingerprint density at radius 2 is 1.62 bits per heavy atom. The molecule has 0 spiro atoms. The number of para-hydroxylation sites is 2. The Labute approximate surface area is 160 Å². The van der Waals surface area contributed by atoms with Gasteiger partial charge in [-0.05, 0) is 49.3 Å². The van der Waals surface area contributed by atoms with E-state index in [0.717, 1.165) is 24.2 Å². The predicted molar refractivity (Wildman–Crippen MR) is 112 cm³/mol. The van der Waals surface area contributed by atoms with Crippen molar-refractivity contribution >= 4 is 34.6 Å². The molecule has 0 radical (unpaired) electrons. The second-order valence-electron chi connectivity index (χ2n) is 6.70. The number of anilines is 2. The van der Waals surface area contributed by atoms with E-state index in [0.29, 0.717) is 16.7 Å². The highest BCUT2D eigenvalue weighted by Crippen LogP contribution is 2.25. The molecule has 1 aliphatic carbocycles. The fourth-order valence-corrected chi connectivity index (χ4v) is 3.64. The Balaban J connectivity index is 1.71. The molecular formula is C21H25N3OS. The Morgan fingerprint density at radius 1 is 0.962 bits per heavy atom. The van der Waals surface area contributed by atoms with Gasteiger partial charge in [0.25, 0.3) is 5.91 Å². The summed E-state index contributed by atoms with van der Waals surface area (Å²) in [6.07, 6.45) is 5.86. The van der Waals surface area contributed by atoms with Crippen molar-refractivity contribution in [1.29, 1.82) is 0 Å². The van der Waals surface area contributed by atoms with Gasteiger partial charge >= 0.3 is 0 Å². The first kappa shape index (κ1) is 18.4. The van der Waals surface area contributed by atoms with Crippen molar-refractivity contribution in [3.05, 3.63) is 60.2 Å². The minimum Gasteiger partial charge on any atom is -0.339 e. The highest BCUT2D eigenvalue weighted by molar-refractivity contribution is 7.80. The van der Waals surface area contributed by atoms with Gasteiger partial charge in [0.15, 0.2) is 5.11 Å². The van der Waals surface area contributed by atoms with Gasteiger partial charge in [-0.3, -0.25) is 4.79 Å². The number of nitrogens with zero attached hydrogens (tertiary/aromatic N) is 1. The van der Waals surface area contributed by atoms with Crippen LogP contribution in [0, 0.1) is 0 Å². The van der Waals surface area contributed by atoms with E-state index in [-0.39, 0.29) is 5.91 Å². The van der Waals surface area contributed by atoms with Gasteiger partial charge in [-0.2, -0.15) is 0 Å². The van der Waals surface area contributed by atoms with E-state index in [1.54, 1.807) is 0 Å². The van der Waals surface area contributed by atoms with Gasteiger partial charge in [0, 0.05) is 18.8 Å². The van der Waals surface area contributed by atoms with Crippen LogP contribution in [-0.2, 0) is 0 Å². The summed E-state index contributed by atoms with van der Waals surface area (Å²) in [5.41, 5.74) is 2.29. The summed E-state index contributed by atoms with van der Waals surface area (Å²) in [7, 11) is 1.91. The average molecular weight is 368 g/mol. The van der Waals surface area contributed by atoms with Crippen molar-refractivity contribution in [3.8, 4) is 0 Å². The summed E-state index contributed by atoms with van der Waals surface area (Å²) in [6.45, 7) is 0.